The zero-order chi connectivity index (χ0) is 18.0. The van der Waals surface area contributed by atoms with E-state index in [-0.39, 0.29) is 11.8 Å². The monoisotopic (exact) mass is 342 g/mol. The largest absolute Gasteiger partial charge is 0.345 e. The number of nitrogens with zero attached hydrogens (tertiary/aromatic N) is 4. The topological polar surface area (TPSA) is 127 Å². The van der Waals surface area contributed by atoms with Gasteiger partial charge in [0.15, 0.2) is 0 Å². The van der Waals surface area contributed by atoms with Gasteiger partial charge in [-0.25, -0.2) is 0 Å². The summed E-state index contributed by atoms with van der Waals surface area (Å²) in [6.07, 6.45) is 1.96. The lowest BCUT2D eigenvalue weighted by Gasteiger charge is -2.19. The molecule has 0 aromatic rings. The van der Waals surface area contributed by atoms with Crippen LogP contribution in [0.15, 0.2) is 0 Å². The van der Waals surface area contributed by atoms with Crippen molar-refractivity contribution in [1.82, 2.24) is 9.80 Å². The highest BCUT2D eigenvalue weighted by atomic mass is 16.6. The Labute approximate surface area is 139 Å². The average molecular weight is 342 g/mol. The van der Waals surface area contributed by atoms with Crippen LogP contribution < -0.4 is 0 Å². The fourth-order valence-electron chi connectivity index (χ4n) is 2.84. The summed E-state index contributed by atoms with van der Waals surface area (Å²) in [5.41, 5.74) is 0. The molecule has 134 valence electrons. The minimum Gasteiger partial charge on any atom is -0.345 e. The fraction of sp³-hybridized carbons (Fsp3) is 0.857. The zero-order valence-electron chi connectivity index (χ0n) is 13.8. The van der Waals surface area contributed by atoms with Gasteiger partial charge < -0.3 is 9.80 Å². The van der Waals surface area contributed by atoms with Gasteiger partial charge in [0, 0.05) is 49.9 Å². The number of unbranched alkanes of at least 4 members (excludes halogenated alkanes) is 1. The van der Waals surface area contributed by atoms with Gasteiger partial charge in [-0.05, 0) is 12.8 Å². The smallest absolute Gasteiger partial charge is 0.232 e. The van der Waals surface area contributed by atoms with Crippen molar-refractivity contribution in [3.05, 3.63) is 20.2 Å². The minimum absolute atomic E-state index is 0.201. The van der Waals surface area contributed by atoms with Gasteiger partial charge in [-0.3, -0.25) is 29.8 Å². The van der Waals surface area contributed by atoms with E-state index in [9.17, 15) is 29.8 Å². The molecule has 0 radical (unpaired) electrons. The molecule has 2 saturated carbocycles. The Kier molecular flexibility index (Phi) is 5.35. The molecular formula is C14H22N4O6. The second-order valence-corrected chi connectivity index (χ2v) is 6.62. The first-order valence-electron chi connectivity index (χ1n) is 8.01. The Morgan fingerprint density at radius 2 is 1.21 bits per heavy atom. The third kappa shape index (κ3) is 4.18. The summed E-state index contributed by atoms with van der Waals surface area (Å²) in [5.74, 6) is -1.40. The van der Waals surface area contributed by atoms with Crippen molar-refractivity contribution in [1.29, 1.82) is 0 Å². The van der Waals surface area contributed by atoms with E-state index in [1.54, 1.807) is 14.1 Å². The molecule has 0 unspecified atom stereocenters. The van der Waals surface area contributed by atoms with Crippen LogP contribution in [0.25, 0.3) is 0 Å². The van der Waals surface area contributed by atoms with Crippen molar-refractivity contribution in [3.63, 3.8) is 0 Å². The van der Waals surface area contributed by atoms with Gasteiger partial charge >= 0.3 is 0 Å². The average Bonchev–Trinajstić information content (AvgIpc) is 3.40. The number of carbonyl (C=O) groups excluding carboxylic acids is 2. The van der Waals surface area contributed by atoms with Gasteiger partial charge in [0.1, 0.15) is 11.8 Å². The molecule has 2 rings (SSSR count). The van der Waals surface area contributed by atoms with Crippen LogP contribution in [0.2, 0.25) is 0 Å². The van der Waals surface area contributed by atoms with Gasteiger partial charge in [0.25, 0.3) is 0 Å². The Bertz CT molecular complexity index is 505. The van der Waals surface area contributed by atoms with Crippen molar-refractivity contribution in [2.24, 2.45) is 11.8 Å². The maximum absolute atomic E-state index is 11.9. The normalized spacial score (nSPS) is 27.2. The maximum Gasteiger partial charge on any atom is 0.232 e. The van der Waals surface area contributed by atoms with Crippen molar-refractivity contribution < 1.29 is 19.4 Å². The number of carbonyl (C=O) groups is 2. The molecule has 0 heterocycles. The van der Waals surface area contributed by atoms with Gasteiger partial charge in [-0.15, -0.1) is 0 Å². The molecule has 2 aliphatic rings. The van der Waals surface area contributed by atoms with Crippen molar-refractivity contribution >= 4 is 11.8 Å². The quantitative estimate of drug-likeness (QED) is 0.330. The van der Waals surface area contributed by atoms with Gasteiger partial charge in [0.2, 0.25) is 23.9 Å². The molecular weight excluding hydrogens is 320 g/mol. The molecule has 0 aromatic heterocycles. The van der Waals surface area contributed by atoms with E-state index in [1.165, 1.54) is 9.80 Å². The van der Waals surface area contributed by atoms with Crippen molar-refractivity contribution in [3.8, 4) is 0 Å². The third-order valence-corrected chi connectivity index (χ3v) is 4.68. The lowest BCUT2D eigenvalue weighted by Crippen LogP contribution is -2.33. The van der Waals surface area contributed by atoms with E-state index in [0.29, 0.717) is 38.8 Å². The zero-order valence-corrected chi connectivity index (χ0v) is 13.8. The SMILES string of the molecule is CN(CCCCN(C)C(=O)[C@@H]1C[C@@H]1[N+](=O)[O-])C(=O)[C@H]1C[C@H]1[N+](=O)[O-]. The number of hydrogen-bond acceptors (Lipinski definition) is 6. The minimum atomic E-state index is -0.739. The molecule has 10 nitrogen and oxygen atoms in total. The predicted octanol–water partition coefficient (Wildman–Crippen LogP) is 0.0138. The second kappa shape index (κ2) is 7.10. The molecule has 0 N–H and O–H groups in total. The lowest BCUT2D eigenvalue weighted by molar-refractivity contribution is -0.497. The molecule has 10 heteroatoms. The van der Waals surface area contributed by atoms with Crippen LogP contribution in [0, 0.1) is 32.1 Å². The number of amides is 2. The first-order chi connectivity index (χ1) is 11.2. The summed E-state index contributed by atoms with van der Waals surface area (Å²) in [6.45, 7) is 0.950. The van der Waals surface area contributed by atoms with E-state index in [0.717, 1.165) is 0 Å². The van der Waals surface area contributed by atoms with Crippen LogP contribution >= 0.6 is 0 Å². The number of hydrogen-bond donors (Lipinski definition) is 0. The number of rotatable bonds is 9. The van der Waals surface area contributed by atoms with Gasteiger partial charge in [-0.1, -0.05) is 0 Å². The maximum atomic E-state index is 11.9. The summed E-state index contributed by atoms with van der Waals surface area (Å²) < 4.78 is 0. The van der Waals surface area contributed by atoms with Crippen LogP contribution in [-0.4, -0.2) is 70.7 Å². The van der Waals surface area contributed by atoms with Crippen LogP contribution in [-0.2, 0) is 9.59 Å². The molecule has 4 atom stereocenters. The molecule has 0 bridgehead atoms. The van der Waals surface area contributed by atoms with Crippen LogP contribution in [0.4, 0.5) is 0 Å². The summed E-state index contributed by atoms with van der Waals surface area (Å²) in [6, 6.07) is -1.48. The van der Waals surface area contributed by atoms with E-state index in [4.69, 9.17) is 0 Å². The van der Waals surface area contributed by atoms with Gasteiger partial charge in [-0.2, -0.15) is 0 Å². The summed E-state index contributed by atoms with van der Waals surface area (Å²) in [4.78, 5) is 47.2. The summed E-state index contributed by atoms with van der Waals surface area (Å²) in [5, 5.41) is 21.2. The highest BCUT2D eigenvalue weighted by Crippen LogP contribution is 2.35. The molecule has 0 spiro atoms. The van der Waals surface area contributed by atoms with E-state index in [2.05, 4.69) is 0 Å². The highest BCUT2D eigenvalue weighted by Gasteiger charge is 2.54. The standard InChI is InChI=1S/C14H22N4O6/c1-15(13(19)9-7-11(9)17(21)22)5-3-4-6-16(2)14(20)10-8-12(10)18(23)24/h9-12H,3-8H2,1-2H3/t9-,10+,11+,12-. The van der Waals surface area contributed by atoms with E-state index < -0.39 is 33.8 Å². The molecule has 2 aliphatic carbocycles. The highest BCUT2D eigenvalue weighted by molar-refractivity contribution is 5.82. The molecule has 2 amide bonds. The van der Waals surface area contributed by atoms with E-state index in [1.807, 2.05) is 0 Å². The Morgan fingerprint density at radius 3 is 1.46 bits per heavy atom. The Hall–Kier alpha value is -2.26. The summed E-state index contributed by atoms with van der Waals surface area (Å²) in [7, 11) is 3.25. The first-order valence-corrected chi connectivity index (χ1v) is 8.01. The molecule has 0 aliphatic heterocycles. The third-order valence-electron chi connectivity index (χ3n) is 4.68. The van der Waals surface area contributed by atoms with Crippen molar-refractivity contribution in [2.75, 3.05) is 27.2 Å². The van der Waals surface area contributed by atoms with Crippen LogP contribution in [0.5, 0.6) is 0 Å². The molecule has 0 aromatic carbocycles. The van der Waals surface area contributed by atoms with Gasteiger partial charge in [0.05, 0.1) is 0 Å². The second-order valence-electron chi connectivity index (χ2n) is 6.62. The Balaban J connectivity index is 1.61. The lowest BCUT2D eigenvalue weighted by atomic mass is 10.2. The first kappa shape index (κ1) is 18.1. The van der Waals surface area contributed by atoms with Crippen LogP contribution in [0.1, 0.15) is 25.7 Å². The van der Waals surface area contributed by atoms with Crippen LogP contribution in [0.3, 0.4) is 0 Å². The molecule has 0 saturated heterocycles. The summed E-state index contributed by atoms with van der Waals surface area (Å²) >= 11 is 0. The van der Waals surface area contributed by atoms with Crippen molar-refractivity contribution in [2.45, 2.75) is 37.8 Å². The van der Waals surface area contributed by atoms with E-state index >= 15 is 0 Å². The molecule has 24 heavy (non-hydrogen) atoms. The number of nitro groups is 2. The molecule has 2 fully saturated rings. The predicted molar refractivity (Wildman–Crippen MR) is 82.3 cm³/mol. The Morgan fingerprint density at radius 1 is 0.875 bits per heavy atom. The fourth-order valence-corrected chi connectivity index (χ4v) is 2.84.